The quantitative estimate of drug-likeness (QED) is 0.731. The summed E-state index contributed by atoms with van der Waals surface area (Å²) in [6.45, 7) is 2.55. The van der Waals surface area contributed by atoms with Gasteiger partial charge in [-0.3, -0.25) is 9.36 Å². The third kappa shape index (κ3) is 2.59. The number of benzene rings is 2. The van der Waals surface area contributed by atoms with E-state index in [1.165, 1.54) is 0 Å². The molecule has 5 nitrogen and oxygen atoms in total. The van der Waals surface area contributed by atoms with Gasteiger partial charge in [-0.05, 0) is 36.4 Å². The van der Waals surface area contributed by atoms with E-state index < -0.39 is 0 Å². The molecule has 5 heteroatoms. The number of hydrogen-bond donors (Lipinski definition) is 0. The molecule has 2 aromatic carbocycles. The molecule has 1 aromatic heterocycles. The third-order valence-electron chi connectivity index (χ3n) is 4.14. The summed E-state index contributed by atoms with van der Waals surface area (Å²) >= 11 is 0. The Balaban J connectivity index is 1.61. The number of morpholine rings is 1. The predicted molar refractivity (Wildman–Crippen MR) is 87.8 cm³/mol. The van der Waals surface area contributed by atoms with Gasteiger partial charge in [0.15, 0.2) is 0 Å². The van der Waals surface area contributed by atoms with Crippen molar-refractivity contribution in [1.29, 1.82) is 0 Å². The van der Waals surface area contributed by atoms with Gasteiger partial charge in [-0.15, -0.1) is 0 Å². The first kappa shape index (κ1) is 14.0. The van der Waals surface area contributed by atoms with E-state index in [0.717, 1.165) is 16.7 Å². The van der Waals surface area contributed by atoms with Crippen LogP contribution in [-0.2, 0) is 4.74 Å². The summed E-state index contributed by atoms with van der Waals surface area (Å²) < 4.78 is 7.32. The summed E-state index contributed by atoms with van der Waals surface area (Å²) in [6.07, 6.45) is 1.81. The lowest BCUT2D eigenvalue weighted by molar-refractivity contribution is 0.0303. The van der Waals surface area contributed by atoms with Crippen molar-refractivity contribution in [2.24, 2.45) is 0 Å². The van der Waals surface area contributed by atoms with Crippen molar-refractivity contribution in [3.63, 3.8) is 0 Å². The number of aromatic nitrogens is 2. The molecule has 116 valence electrons. The van der Waals surface area contributed by atoms with Gasteiger partial charge in [-0.2, -0.15) is 0 Å². The van der Waals surface area contributed by atoms with Crippen molar-refractivity contribution in [1.82, 2.24) is 14.5 Å². The molecule has 0 bridgehead atoms. The third-order valence-corrected chi connectivity index (χ3v) is 4.14. The maximum atomic E-state index is 12.5. The molecule has 1 aliphatic heterocycles. The van der Waals surface area contributed by atoms with Gasteiger partial charge in [0.25, 0.3) is 5.91 Å². The van der Waals surface area contributed by atoms with Crippen LogP contribution in [0, 0.1) is 0 Å². The number of fused-ring (bicyclic) bond motifs is 1. The van der Waals surface area contributed by atoms with Crippen LogP contribution in [0.4, 0.5) is 0 Å². The molecule has 0 N–H and O–H groups in total. The Hall–Kier alpha value is -2.66. The van der Waals surface area contributed by atoms with Crippen molar-refractivity contribution in [2.45, 2.75) is 0 Å². The summed E-state index contributed by atoms with van der Waals surface area (Å²) in [5.74, 6) is 0.0651. The zero-order chi connectivity index (χ0) is 15.6. The van der Waals surface area contributed by atoms with E-state index in [0.29, 0.717) is 31.9 Å². The van der Waals surface area contributed by atoms with Crippen molar-refractivity contribution in [3.8, 4) is 5.69 Å². The maximum absolute atomic E-state index is 12.5. The summed E-state index contributed by atoms with van der Waals surface area (Å²) in [7, 11) is 0. The van der Waals surface area contributed by atoms with E-state index in [9.17, 15) is 4.79 Å². The van der Waals surface area contributed by atoms with Crippen LogP contribution >= 0.6 is 0 Å². The van der Waals surface area contributed by atoms with Crippen LogP contribution < -0.4 is 0 Å². The van der Waals surface area contributed by atoms with Gasteiger partial charge < -0.3 is 9.64 Å². The number of hydrogen-bond acceptors (Lipinski definition) is 3. The van der Waals surface area contributed by atoms with Gasteiger partial charge in [0.2, 0.25) is 0 Å². The second kappa shape index (κ2) is 5.85. The minimum absolute atomic E-state index is 0.0651. The van der Waals surface area contributed by atoms with Crippen molar-refractivity contribution in [2.75, 3.05) is 26.3 Å². The molecule has 3 aromatic rings. The molecule has 1 amide bonds. The van der Waals surface area contributed by atoms with Crippen LogP contribution in [0.3, 0.4) is 0 Å². The van der Waals surface area contributed by atoms with E-state index in [-0.39, 0.29) is 5.91 Å². The molecule has 0 aliphatic carbocycles. The van der Waals surface area contributed by atoms with E-state index in [1.807, 2.05) is 64.3 Å². The average Bonchev–Trinajstić information content (AvgIpc) is 3.06. The highest BCUT2D eigenvalue weighted by Crippen LogP contribution is 2.19. The van der Waals surface area contributed by atoms with Crippen LogP contribution in [0.25, 0.3) is 16.7 Å². The number of carbonyl (C=O) groups is 1. The lowest BCUT2D eigenvalue weighted by Crippen LogP contribution is -2.40. The lowest BCUT2D eigenvalue weighted by Gasteiger charge is -2.26. The monoisotopic (exact) mass is 307 g/mol. The SMILES string of the molecule is O=C(c1ccc(-n2cnc3ccccc32)cc1)N1CCOCC1. The predicted octanol–water partition coefficient (Wildman–Crippen LogP) is 2.50. The molecular weight excluding hydrogens is 290 g/mol. The van der Waals surface area contributed by atoms with Crippen LogP contribution in [-0.4, -0.2) is 46.7 Å². The van der Waals surface area contributed by atoms with Gasteiger partial charge in [-0.1, -0.05) is 12.1 Å². The first-order chi connectivity index (χ1) is 11.3. The maximum Gasteiger partial charge on any atom is 0.254 e. The molecule has 1 fully saturated rings. The number of para-hydroxylation sites is 2. The Bertz CT molecular complexity index is 833. The molecule has 1 aliphatic rings. The van der Waals surface area contributed by atoms with E-state index in [2.05, 4.69) is 4.98 Å². The highest BCUT2D eigenvalue weighted by molar-refractivity contribution is 5.94. The fraction of sp³-hybridized carbons (Fsp3) is 0.222. The zero-order valence-electron chi connectivity index (χ0n) is 12.7. The summed E-state index contributed by atoms with van der Waals surface area (Å²) in [5, 5.41) is 0. The molecule has 23 heavy (non-hydrogen) atoms. The minimum atomic E-state index is 0.0651. The minimum Gasteiger partial charge on any atom is -0.378 e. The Morgan fingerprint density at radius 3 is 2.52 bits per heavy atom. The average molecular weight is 307 g/mol. The van der Waals surface area contributed by atoms with Crippen molar-refractivity contribution < 1.29 is 9.53 Å². The smallest absolute Gasteiger partial charge is 0.254 e. The molecule has 4 rings (SSSR count). The fourth-order valence-corrected chi connectivity index (χ4v) is 2.88. The van der Waals surface area contributed by atoms with Gasteiger partial charge in [-0.25, -0.2) is 4.98 Å². The second-order valence-corrected chi connectivity index (χ2v) is 5.55. The summed E-state index contributed by atoms with van der Waals surface area (Å²) in [5.41, 5.74) is 3.72. The van der Waals surface area contributed by atoms with E-state index in [4.69, 9.17) is 4.74 Å². The topological polar surface area (TPSA) is 47.4 Å². The summed E-state index contributed by atoms with van der Waals surface area (Å²) in [6, 6.07) is 15.7. The number of amides is 1. The van der Waals surface area contributed by atoms with Crippen LogP contribution in [0.15, 0.2) is 54.9 Å². The Morgan fingerprint density at radius 1 is 1.00 bits per heavy atom. The zero-order valence-corrected chi connectivity index (χ0v) is 12.7. The number of ether oxygens (including phenoxy) is 1. The Labute approximate surface area is 134 Å². The summed E-state index contributed by atoms with van der Waals surface area (Å²) in [4.78, 5) is 18.7. The second-order valence-electron chi connectivity index (χ2n) is 5.55. The molecular formula is C18H17N3O2. The van der Waals surface area contributed by atoms with E-state index in [1.54, 1.807) is 0 Å². The number of nitrogens with zero attached hydrogens (tertiary/aromatic N) is 3. The molecule has 0 unspecified atom stereocenters. The normalized spacial score (nSPS) is 15.0. The lowest BCUT2D eigenvalue weighted by atomic mass is 10.1. The molecule has 0 spiro atoms. The standard InChI is InChI=1S/C18H17N3O2/c22-18(20-9-11-23-12-10-20)14-5-7-15(8-6-14)21-13-19-16-3-1-2-4-17(16)21/h1-8,13H,9-12H2. The van der Waals surface area contributed by atoms with Gasteiger partial charge in [0, 0.05) is 24.3 Å². The van der Waals surface area contributed by atoms with Crippen LogP contribution in [0.1, 0.15) is 10.4 Å². The Kier molecular flexibility index (Phi) is 3.55. The van der Waals surface area contributed by atoms with Gasteiger partial charge in [0.05, 0.1) is 24.2 Å². The molecule has 0 radical (unpaired) electrons. The first-order valence-corrected chi connectivity index (χ1v) is 7.72. The molecule has 2 heterocycles. The highest BCUT2D eigenvalue weighted by atomic mass is 16.5. The number of carbonyl (C=O) groups excluding carboxylic acids is 1. The molecule has 0 saturated carbocycles. The molecule has 1 saturated heterocycles. The largest absolute Gasteiger partial charge is 0.378 e. The molecule has 0 atom stereocenters. The number of imidazole rings is 1. The van der Waals surface area contributed by atoms with Crippen molar-refractivity contribution >= 4 is 16.9 Å². The number of rotatable bonds is 2. The van der Waals surface area contributed by atoms with Crippen LogP contribution in [0.2, 0.25) is 0 Å². The fourth-order valence-electron chi connectivity index (χ4n) is 2.88. The van der Waals surface area contributed by atoms with E-state index >= 15 is 0 Å². The Morgan fingerprint density at radius 2 is 1.74 bits per heavy atom. The highest BCUT2D eigenvalue weighted by Gasteiger charge is 2.18. The van der Waals surface area contributed by atoms with Crippen LogP contribution in [0.5, 0.6) is 0 Å². The van der Waals surface area contributed by atoms with Gasteiger partial charge in [0.1, 0.15) is 6.33 Å². The van der Waals surface area contributed by atoms with Gasteiger partial charge >= 0.3 is 0 Å². The first-order valence-electron chi connectivity index (χ1n) is 7.72. The van der Waals surface area contributed by atoms with Crippen molar-refractivity contribution in [3.05, 3.63) is 60.4 Å².